The number of ether oxygens (including phenoxy) is 2. The summed E-state index contributed by atoms with van der Waals surface area (Å²) in [6.45, 7) is 2.98. The van der Waals surface area contributed by atoms with Gasteiger partial charge in [0.2, 0.25) is 5.89 Å². The second kappa shape index (κ2) is 5.60. The molecule has 3 rings (SSSR count). The number of carbonyl (C=O) groups is 2. The zero-order valence-corrected chi connectivity index (χ0v) is 12.5. The smallest absolute Gasteiger partial charge is 0.350 e. The summed E-state index contributed by atoms with van der Waals surface area (Å²) in [4.78, 5) is 27.9. The molecule has 1 saturated heterocycles. The number of benzene rings is 1. The second-order valence-electron chi connectivity index (χ2n) is 5.26. The van der Waals surface area contributed by atoms with Crippen LogP contribution in [-0.4, -0.2) is 22.7 Å². The number of rotatable bonds is 3. The largest absolute Gasteiger partial charge is 0.444 e. The molecule has 1 fully saturated rings. The Morgan fingerprint density at radius 1 is 1.13 bits per heavy atom. The van der Waals surface area contributed by atoms with E-state index in [1.165, 1.54) is 32.5 Å². The topological polar surface area (TPSA) is 90.7 Å². The molecule has 7 heteroatoms. The summed E-state index contributed by atoms with van der Waals surface area (Å²) in [5.74, 6) is -2.33. The maximum atomic E-state index is 11.9. The molecule has 7 nitrogen and oxygen atoms in total. The van der Waals surface area contributed by atoms with Gasteiger partial charge in [-0.1, -0.05) is 12.1 Å². The lowest BCUT2D eigenvalue weighted by molar-refractivity contribution is -0.222. The summed E-state index contributed by atoms with van der Waals surface area (Å²) >= 11 is 0. The van der Waals surface area contributed by atoms with Crippen molar-refractivity contribution in [2.75, 3.05) is 5.32 Å². The Balaban J connectivity index is 1.86. The van der Waals surface area contributed by atoms with E-state index in [0.717, 1.165) is 0 Å². The van der Waals surface area contributed by atoms with Gasteiger partial charge in [-0.3, -0.25) is 0 Å². The Morgan fingerprint density at radius 2 is 1.83 bits per heavy atom. The van der Waals surface area contributed by atoms with Crippen molar-refractivity contribution in [2.24, 2.45) is 0 Å². The summed E-state index contributed by atoms with van der Waals surface area (Å²) in [7, 11) is 0. The molecular weight excluding hydrogens is 300 g/mol. The fourth-order valence-corrected chi connectivity index (χ4v) is 2.08. The Kier molecular flexibility index (Phi) is 3.61. The fourth-order valence-electron chi connectivity index (χ4n) is 2.08. The molecule has 0 aliphatic carbocycles. The molecule has 0 unspecified atom stereocenters. The van der Waals surface area contributed by atoms with Gasteiger partial charge in [0.05, 0.1) is 17.4 Å². The first-order valence-electron chi connectivity index (χ1n) is 6.88. The predicted molar refractivity (Wildman–Crippen MR) is 79.9 cm³/mol. The predicted octanol–water partition coefficient (Wildman–Crippen LogP) is 2.47. The number of nitrogens with zero attached hydrogens (tertiary/aromatic N) is 1. The molecule has 1 aromatic carbocycles. The third-order valence-electron chi connectivity index (χ3n) is 3.08. The van der Waals surface area contributed by atoms with Crippen LogP contribution in [0.2, 0.25) is 0 Å². The van der Waals surface area contributed by atoms with E-state index >= 15 is 0 Å². The van der Waals surface area contributed by atoms with Crippen molar-refractivity contribution in [2.45, 2.75) is 19.6 Å². The van der Waals surface area contributed by atoms with Crippen LogP contribution < -0.4 is 5.32 Å². The molecule has 23 heavy (non-hydrogen) atoms. The molecule has 118 valence electrons. The number of hydrogen-bond donors (Lipinski definition) is 1. The third-order valence-corrected chi connectivity index (χ3v) is 3.08. The lowest BCUT2D eigenvalue weighted by Crippen LogP contribution is -2.42. The quantitative estimate of drug-likeness (QED) is 0.528. The molecular formula is C16H14N2O5. The molecule has 2 aromatic rings. The molecule has 0 radical (unpaired) electrons. The average molecular weight is 314 g/mol. The highest BCUT2D eigenvalue weighted by Crippen LogP contribution is 2.27. The maximum Gasteiger partial charge on any atom is 0.350 e. The van der Waals surface area contributed by atoms with Gasteiger partial charge in [0.25, 0.3) is 5.79 Å². The zero-order chi connectivity index (χ0) is 16.4. The van der Waals surface area contributed by atoms with Crippen LogP contribution in [0.1, 0.15) is 13.8 Å². The first-order valence-corrected chi connectivity index (χ1v) is 6.88. The van der Waals surface area contributed by atoms with Gasteiger partial charge in [-0.15, -0.1) is 0 Å². The SMILES string of the molecule is CC1(C)OC(=O)C(=CNc2ccccc2-c2ncco2)C(=O)O1. The minimum atomic E-state index is -1.26. The summed E-state index contributed by atoms with van der Waals surface area (Å²) < 4.78 is 15.3. The van der Waals surface area contributed by atoms with Crippen molar-refractivity contribution < 1.29 is 23.5 Å². The molecule has 0 saturated carbocycles. The van der Waals surface area contributed by atoms with Crippen molar-refractivity contribution in [3.05, 3.63) is 48.5 Å². The van der Waals surface area contributed by atoms with E-state index in [2.05, 4.69) is 10.3 Å². The van der Waals surface area contributed by atoms with Crippen LogP contribution in [0.3, 0.4) is 0 Å². The number of cyclic esters (lactones) is 2. The van der Waals surface area contributed by atoms with E-state index in [-0.39, 0.29) is 5.57 Å². The van der Waals surface area contributed by atoms with Gasteiger partial charge in [-0.05, 0) is 12.1 Å². The summed E-state index contributed by atoms with van der Waals surface area (Å²) in [5, 5.41) is 2.90. The Hall–Kier alpha value is -3.09. The highest BCUT2D eigenvalue weighted by atomic mass is 16.7. The van der Waals surface area contributed by atoms with E-state index < -0.39 is 17.7 Å². The van der Waals surface area contributed by atoms with Gasteiger partial charge in [-0.25, -0.2) is 14.6 Å². The van der Waals surface area contributed by atoms with Crippen molar-refractivity contribution in [1.82, 2.24) is 4.98 Å². The minimum Gasteiger partial charge on any atom is -0.444 e. The molecule has 0 spiro atoms. The van der Waals surface area contributed by atoms with Gasteiger partial charge in [-0.2, -0.15) is 0 Å². The number of carbonyl (C=O) groups excluding carboxylic acids is 2. The number of esters is 2. The van der Waals surface area contributed by atoms with E-state index in [4.69, 9.17) is 13.9 Å². The zero-order valence-electron chi connectivity index (χ0n) is 12.5. The van der Waals surface area contributed by atoms with E-state index in [1.54, 1.807) is 18.2 Å². The Bertz CT molecular complexity index is 756. The third kappa shape index (κ3) is 3.08. The molecule has 1 aliphatic rings. The normalized spacial score (nSPS) is 16.5. The van der Waals surface area contributed by atoms with Gasteiger partial charge in [0.15, 0.2) is 5.57 Å². The molecule has 0 amide bonds. The lowest BCUT2D eigenvalue weighted by atomic mass is 10.1. The van der Waals surface area contributed by atoms with Crippen molar-refractivity contribution in [3.63, 3.8) is 0 Å². The highest BCUT2D eigenvalue weighted by Gasteiger charge is 2.38. The van der Waals surface area contributed by atoms with Gasteiger partial charge < -0.3 is 19.2 Å². The fraction of sp³-hybridized carbons (Fsp3) is 0.188. The van der Waals surface area contributed by atoms with E-state index in [1.807, 2.05) is 6.07 Å². The van der Waals surface area contributed by atoms with Crippen LogP contribution in [0.25, 0.3) is 11.5 Å². The molecule has 2 heterocycles. The van der Waals surface area contributed by atoms with Crippen molar-refractivity contribution in [1.29, 1.82) is 0 Å². The van der Waals surface area contributed by atoms with Crippen LogP contribution in [0.4, 0.5) is 5.69 Å². The van der Waals surface area contributed by atoms with Crippen LogP contribution >= 0.6 is 0 Å². The minimum absolute atomic E-state index is 0.216. The van der Waals surface area contributed by atoms with Crippen LogP contribution in [-0.2, 0) is 19.1 Å². The van der Waals surface area contributed by atoms with Gasteiger partial charge in [0, 0.05) is 20.0 Å². The monoisotopic (exact) mass is 314 g/mol. The Morgan fingerprint density at radius 3 is 2.48 bits per heavy atom. The van der Waals surface area contributed by atoms with Crippen molar-refractivity contribution >= 4 is 17.6 Å². The number of nitrogens with one attached hydrogen (secondary N) is 1. The van der Waals surface area contributed by atoms with Crippen LogP contribution in [0, 0.1) is 0 Å². The first kappa shape index (κ1) is 14.8. The summed E-state index contributed by atoms with van der Waals surface area (Å²) in [6, 6.07) is 7.19. The van der Waals surface area contributed by atoms with E-state index in [9.17, 15) is 9.59 Å². The summed E-state index contributed by atoms with van der Waals surface area (Å²) in [6.07, 6.45) is 4.24. The van der Waals surface area contributed by atoms with Gasteiger partial charge in [0.1, 0.15) is 6.26 Å². The van der Waals surface area contributed by atoms with E-state index in [0.29, 0.717) is 17.1 Å². The molecule has 1 aromatic heterocycles. The maximum absolute atomic E-state index is 11.9. The summed E-state index contributed by atoms with van der Waals surface area (Å²) in [5.41, 5.74) is 1.09. The lowest BCUT2D eigenvalue weighted by Gasteiger charge is -2.29. The number of anilines is 1. The van der Waals surface area contributed by atoms with Gasteiger partial charge >= 0.3 is 11.9 Å². The number of oxazole rings is 1. The standard InChI is InChI=1S/C16H14N2O5/c1-16(2)22-14(19)11(15(20)23-16)9-18-12-6-4-3-5-10(12)13-17-7-8-21-13/h3-9,18H,1-2H3. The molecule has 0 atom stereocenters. The molecule has 1 N–H and O–H groups in total. The second-order valence-corrected chi connectivity index (χ2v) is 5.26. The molecule has 1 aliphatic heterocycles. The number of aromatic nitrogens is 1. The molecule has 0 bridgehead atoms. The first-order chi connectivity index (χ1) is 11.0. The van der Waals surface area contributed by atoms with Crippen LogP contribution in [0.15, 0.2) is 52.9 Å². The van der Waals surface area contributed by atoms with Crippen LogP contribution in [0.5, 0.6) is 0 Å². The highest BCUT2D eigenvalue weighted by molar-refractivity contribution is 6.15. The Labute approximate surface area is 131 Å². The van der Waals surface area contributed by atoms with Crippen molar-refractivity contribution in [3.8, 4) is 11.5 Å². The number of hydrogen-bond acceptors (Lipinski definition) is 7. The average Bonchev–Trinajstić information content (AvgIpc) is 2.99. The number of para-hydroxylation sites is 1.